The summed E-state index contributed by atoms with van der Waals surface area (Å²) in [6.07, 6.45) is 4.70. The Morgan fingerprint density at radius 2 is 1.83 bits per heavy atom. The molecule has 1 aromatic carbocycles. The SMILES string of the molecule is CC(C)CCCCNc1ccccc1S(C)(=O)=O. The summed E-state index contributed by atoms with van der Waals surface area (Å²) in [4.78, 5) is 0.383. The average Bonchev–Trinajstić information content (AvgIpc) is 2.27. The van der Waals surface area contributed by atoms with Crippen LogP contribution in [0.4, 0.5) is 5.69 Å². The third-order valence-corrected chi connectivity index (χ3v) is 3.97. The van der Waals surface area contributed by atoms with Gasteiger partial charge < -0.3 is 5.32 Å². The van der Waals surface area contributed by atoms with Gasteiger partial charge in [0.1, 0.15) is 0 Å². The van der Waals surface area contributed by atoms with Crippen LogP contribution < -0.4 is 5.32 Å². The van der Waals surface area contributed by atoms with Crippen LogP contribution >= 0.6 is 0 Å². The Morgan fingerprint density at radius 1 is 1.17 bits per heavy atom. The van der Waals surface area contributed by atoms with Gasteiger partial charge in [-0.15, -0.1) is 0 Å². The van der Waals surface area contributed by atoms with Crippen LogP contribution in [0.1, 0.15) is 33.1 Å². The maximum atomic E-state index is 11.6. The molecule has 0 radical (unpaired) electrons. The first-order chi connectivity index (χ1) is 8.41. The number of benzene rings is 1. The van der Waals surface area contributed by atoms with Crippen LogP contribution in [-0.4, -0.2) is 21.2 Å². The zero-order valence-corrected chi connectivity index (χ0v) is 12.3. The summed E-state index contributed by atoms with van der Waals surface area (Å²) >= 11 is 0. The summed E-state index contributed by atoms with van der Waals surface area (Å²) in [6.45, 7) is 5.25. The molecule has 0 saturated heterocycles. The molecule has 1 rings (SSSR count). The van der Waals surface area contributed by atoms with E-state index in [9.17, 15) is 8.42 Å². The van der Waals surface area contributed by atoms with Crippen molar-refractivity contribution in [1.29, 1.82) is 0 Å². The molecule has 18 heavy (non-hydrogen) atoms. The molecule has 0 heterocycles. The van der Waals surface area contributed by atoms with E-state index < -0.39 is 9.84 Å². The standard InChI is InChI=1S/C14H23NO2S/c1-12(2)8-6-7-11-15-13-9-4-5-10-14(13)18(3,16)17/h4-5,9-10,12,15H,6-8,11H2,1-3H3. The normalized spacial score (nSPS) is 11.8. The molecule has 1 aromatic rings. The highest BCUT2D eigenvalue weighted by Crippen LogP contribution is 2.20. The van der Waals surface area contributed by atoms with Gasteiger partial charge in [0.15, 0.2) is 9.84 Å². The van der Waals surface area contributed by atoms with Crippen molar-refractivity contribution < 1.29 is 8.42 Å². The first-order valence-corrected chi connectivity index (χ1v) is 8.33. The first kappa shape index (κ1) is 15.0. The monoisotopic (exact) mass is 269 g/mol. The molecule has 0 unspecified atom stereocenters. The van der Waals surface area contributed by atoms with E-state index in [-0.39, 0.29) is 0 Å². The largest absolute Gasteiger partial charge is 0.384 e. The Hall–Kier alpha value is -1.03. The average molecular weight is 269 g/mol. The van der Waals surface area contributed by atoms with E-state index in [0.29, 0.717) is 10.6 Å². The van der Waals surface area contributed by atoms with Gasteiger partial charge in [0.2, 0.25) is 0 Å². The van der Waals surface area contributed by atoms with Crippen molar-refractivity contribution in [3.8, 4) is 0 Å². The summed E-state index contributed by atoms with van der Waals surface area (Å²) in [7, 11) is -3.15. The molecule has 0 atom stereocenters. The quantitative estimate of drug-likeness (QED) is 0.772. The van der Waals surface area contributed by atoms with Crippen molar-refractivity contribution in [3.05, 3.63) is 24.3 Å². The lowest BCUT2D eigenvalue weighted by molar-refractivity contribution is 0.544. The second kappa shape index (κ2) is 6.78. The van der Waals surface area contributed by atoms with Crippen molar-refractivity contribution in [2.45, 2.75) is 38.0 Å². The van der Waals surface area contributed by atoms with E-state index in [1.807, 2.05) is 12.1 Å². The highest BCUT2D eigenvalue weighted by atomic mass is 32.2. The van der Waals surface area contributed by atoms with Crippen LogP contribution in [0.5, 0.6) is 0 Å². The lowest BCUT2D eigenvalue weighted by Crippen LogP contribution is -2.07. The molecule has 0 aliphatic heterocycles. The van der Waals surface area contributed by atoms with E-state index in [0.717, 1.165) is 18.9 Å². The van der Waals surface area contributed by atoms with Gasteiger partial charge >= 0.3 is 0 Å². The Morgan fingerprint density at radius 3 is 2.44 bits per heavy atom. The number of unbranched alkanes of at least 4 members (excludes halogenated alkanes) is 1. The van der Waals surface area contributed by atoms with Crippen molar-refractivity contribution in [3.63, 3.8) is 0 Å². The molecule has 0 spiro atoms. The molecule has 0 aliphatic carbocycles. The zero-order valence-electron chi connectivity index (χ0n) is 11.4. The molecule has 0 saturated carbocycles. The molecule has 0 bridgehead atoms. The van der Waals surface area contributed by atoms with E-state index in [2.05, 4.69) is 19.2 Å². The van der Waals surface area contributed by atoms with Gasteiger partial charge in [0, 0.05) is 12.8 Å². The highest BCUT2D eigenvalue weighted by molar-refractivity contribution is 7.90. The second-order valence-corrected chi connectivity index (χ2v) is 7.07. The summed E-state index contributed by atoms with van der Waals surface area (Å²) < 4.78 is 23.2. The summed E-state index contributed by atoms with van der Waals surface area (Å²) in [5.74, 6) is 0.730. The Kier molecular flexibility index (Phi) is 5.66. The molecule has 0 amide bonds. The molecule has 102 valence electrons. The minimum absolute atomic E-state index is 0.383. The minimum atomic E-state index is -3.15. The van der Waals surface area contributed by atoms with Crippen molar-refractivity contribution in [1.82, 2.24) is 0 Å². The van der Waals surface area contributed by atoms with Crippen LogP contribution in [0.2, 0.25) is 0 Å². The fraction of sp³-hybridized carbons (Fsp3) is 0.571. The van der Waals surface area contributed by atoms with E-state index >= 15 is 0 Å². The van der Waals surface area contributed by atoms with Crippen LogP contribution in [-0.2, 0) is 9.84 Å². The molecule has 0 fully saturated rings. The molecule has 1 N–H and O–H groups in total. The lowest BCUT2D eigenvalue weighted by Gasteiger charge is -2.11. The number of hydrogen-bond donors (Lipinski definition) is 1. The molecule has 3 nitrogen and oxygen atoms in total. The van der Waals surface area contributed by atoms with E-state index in [1.165, 1.54) is 19.1 Å². The van der Waals surface area contributed by atoms with E-state index in [1.54, 1.807) is 12.1 Å². The summed E-state index contributed by atoms with van der Waals surface area (Å²) in [5.41, 5.74) is 0.713. The smallest absolute Gasteiger partial charge is 0.177 e. The van der Waals surface area contributed by atoms with Gasteiger partial charge in [-0.05, 0) is 24.5 Å². The Balaban J connectivity index is 2.53. The highest BCUT2D eigenvalue weighted by Gasteiger charge is 2.11. The number of nitrogens with one attached hydrogen (secondary N) is 1. The zero-order chi connectivity index (χ0) is 13.6. The van der Waals surface area contributed by atoms with Crippen molar-refractivity contribution >= 4 is 15.5 Å². The third kappa shape index (κ3) is 5.08. The maximum Gasteiger partial charge on any atom is 0.177 e. The van der Waals surface area contributed by atoms with Gasteiger partial charge in [-0.25, -0.2) is 8.42 Å². The summed E-state index contributed by atoms with van der Waals surface area (Å²) in [6, 6.07) is 7.07. The van der Waals surface area contributed by atoms with Crippen molar-refractivity contribution in [2.24, 2.45) is 5.92 Å². The van der Waals surface area contributed by atoms with Crippen molar-refractivity contribution in [2.75, 3.05) is 18.1 Å². The van der Waals surface area contributed by atoms with Crippen LogP contribution in [0.15, 0.2) is 29.2 Å². The third-order valence-electron chi connectivity index (χ3n) is 2.81. The predicted octanol–water partition coefficient (Wildman–Crippen LogP) is 3.33. The molecule has 0 aliphatic rings. The lowest BCUT2D eigenvalue weighted by atomic mass is 10.1. The van der Waals surface area contributed by atoms with Gasteiger partial charge in [0.25, 0.3) is 0 Å². The molecular formula is C14H23NO2S. The molecule has 0 aromatic heterocycles. The molecular weight excluding hydrogens is 246 g/mol. The predicted molar refractivity (Wildman–Crippen MR) is 76.7 cm³/mol. The van der Waals surface area contributed by atoms with Gasteiger partial charge in [-0.1, -0.05) is 38.8 Å². The molecule has 4 heteroatoms. The first-order valence-electron chi connectivity index (χ1n) is 6.44. The minimum Gasteiger partial charge on any atom is -0.384 e. The van der Waals surface area contributed by atoms with Crippen LogP contribution in [0.25, 0.3) is 0 Å². The number of para-hydroxylation sites is 1. The number of hydrogen-bond acceptors (Lipinski definition) is 3. The van der Waals surface area contributed by atoms with E-state index in [4.69, 9.17) is 0 Å². The summed E-state index contributed by atoms with van der Waals surface area (Å²) in [5, 5.41) is 3.21. The fourth-order valence-electron chi connectivity index (χ4n) is 1.84. The Bertz CT molecular complexity index is 466. The van der Waals surface area contributed by atoms with Gasteiger partial charge in [0.05, 0.1) is 10.6 Å². The number of sulfone groups is 1. The fourth-order valence-corrected chi connectivity index (χ4v) is 2.70. The number of anilines is 1. The maximum absolute atomic E-state index is 11.6. The van der Waals surface area contributed by atoms with Crippen LogP contribution in [0, 0.1) is 5.92 Å². The topological polar surface area (TPSA) is 46.2 Å². The van der Waals surface area contributed by atoms with Crippen LogP contribution in [0.3, 0.4) is 0 Å². The Labute approximate surface area is 111 Å². The van der Waals surface area contributed by atoms with Gasteiger partial charge in [-0.3, -0.25) is 0 Å². The number of rotatable bonds is 7. The second-order valence-electron chi connectivity index (χ2n) is 5.08. The van der Waals surface area contributed by atoms with Gasteiger partial charge in [-0.2, -0.15) is 0 Å².